The third kappa shape index (κ3) is 5.25. The molecule has 162 valence electrons. The smallest absolute Gasteiger partial charge is 0.186 e. The van der Waals surface area contributed by atoms with E-state index < -0.39 is 0 Å². The lowest BCUT2D eigenvalue weighted by Gasteiger charge is -2.31. The lowest BCUT2D eigenvalue weighted by molar-refractivity contribution is -0.114. The predicted molar refractivity (Wildman–Crippen MR) is 132 cm³/mol. The summed E-state index contributed by atoms with van der Waals surface area (Å²) in [6.07, 6.45) is 3.89. The van der Waals surface area contributed by atoms with Gasteiger partial charge in [-0.25, -0.2) is 0 Å². The summed E-state index contributed by atoms with van der Waals surface area (Å²) < 4.78 is 0. The second-order valence-electron chi connectivity index (χ2n) is 9.50. The fourth-order valence-corrected chi connectivity index (χ4v) is 4.43. The van der Waals surface area contributed by atoms with Crippen molar-refractivity contribution in [2.24, 2.45) is 21.1 Å². The van der Waals surface area contributed by atoms with Crippen LogP contribution in [0.2, 0.25) is 10.0 Å². The first-order chi connectivity index (χ1) is 14.4. The van der Waals surface area contributed by atoms with Gasteiger partial charge in [0.1, 0.15) is 11.4 Å². The number of nitrogens with zero attached hydrogens (tertiary/aromatic N) is 2. The Balaban J connectivity index is 2.28. The summed E-state index contributed by atoms with van der Waals surface area (Å²) in [4.78, 5) is 14.2. The minimum atomic E-state index is -0.309. The van der Waals surface area contributed by atoms with Crippen LogP contribution in [0.15, 0.2) is 74.8 Å². The highest BCUT2D eigenvalue weighted by atomic mass is 35.5. The molecule has 0 saturated heterocycles. The van der Waals surface area contributed by atoms with Gasteiger partial charge in [-0.3, -0.25) is 4.79 Å². The van der Waals surface area contributed by atoms with Gasteiger partial charge in [0.2, 0.25) is 0 Å². The summed E-state index contributed by atoms with van der Waals surface area (Å²) in [6, 6.07) is 9.19. The van der Waals surface area contributed by atoms with Crippen LogP contribution in [0.3, 0.4) is 0 Å². The molecule has 1 aliphatic rings. The number of ketones is 1. The highest BCUT2D eigenvalue weighted by molar-refractivity contribution is 7.11. The molecule has 6 heteroatoms. The van der Waals surface area contributed by atoms with Crippen LogP contribution in [0.1, 0.15) is 46.4 Å². The standard InChI is InChI=1S/C25H26Cl2N2OS/c1-24(2,3)16-13-15(14-17(23(16)30)25(4,5)6)21(20-11-8-12-31-20)28-29-22-18(26)9-7-10-19(22)27/h7-14H,1-6H3. The first-order valence-corrected chi connectivity index (χ1v) is 11.7. The van der Waals surface area contributed by atoms with Crippen molar-refractivity contribution in [1.29, 1.82) is 0 Å². The minimum Gasteiger partial charge on any atom is -0.289 e. The summed E-state index contributed by atoms with van der Waals surface area (Å²) in [5.74, 6) is 0.0837. The molecule has 1 heterocycles. The molecule has 0 aliphatic heterocycles. The van der Waals surface area contributed by atoms with Crippen molar-refractivity contribution >= 4 is 51.7 Å². The average molecular weight is 473 g/mol. The molecule has 1 aromatic heterocycles. The molecule has 0 unspecified atom stereocenters. The number of carbonyl (C=O) groups excluding carboxylic acids is 1. The maximum Gasteiger partial charge on any atom is 0.186 e. The monoisotopic (exact) mass is 472 g/mol. The summed E-state index contributed by atoms with van der Waals surface area (Å²) >= 11 is 14.1. The first-order valence-electron chi connectivity index (χ1n) is 10.0. The molecule has 3 rings (SSSR count). The number of thiophene rings is 1. The van der Waals surface area contributed by atoms with Gasteiger partial charge in [-0.1, -0.05) is 76.9 Å². The number of azo groups is 1. The lowest BCUT2D eigenvalue weighted by Crippen LogP contribution is -2.28. The number of allylic oxidation sites excluding steroid dienone is 5. The van der Waals surface area contributed by atoms with Gasteiger partial charge < -0.3 is 0 Å². The second kappa shape index (κ2) is 8.85. The molecule has 0 amide bonds. The largest absolute Gasteiger partial charge is 0.289 e. The third-order valence-electron chi connectivity index (χ3n) is 4.92. The topological polar surface area (TPSA) is 41.8 Å². The van der Waals surface area contributed by atoms with E-state index in [2.05, 4.69) is 51.8 Å². The zero-order valence-corrected chi connectivity index (χ0v) is 20.9. The van der Waals surface area contributed by atoms with Crippen LogP contribution >= 0.6 is 34.5 Å². The van der Waals surface area contributed by atoms with Crippen LogP contribution in [0, 0.1) is 10.8 Å². The summed E-state index contributed by atoms with van der Waals surface area (Å²) in [5.41, 5.74) is 2.86. The Morgan fingerprint density at radius 2 is 1.42 bits per heavy atom. The molecule has 1 aromatic carbocycles. The number of halogens is 2. The number of rotatable bonds is 3. The van der Waals surface area contributed by atoms with Gasteiger partial charge in [0.15, 0.2) is 5.78 Å². The number of hydrogen-bond donors (Lipinski definition) is 0. The number of Topliss-reactive ketones (excluding diaryl/α,β-unsaturated/α-hetero) is 1. The van der Waals surface area contributed by atoms with Gasteiger partial charge >= 0.3 is 0 Å². The van der Waals surface area contributed by atoms with E-state index in [9.17, 15) is 4.79 Å². The van der Waals surface area contributed by atoms with E-state index in [0.717, 1.165) is 21.6 Å². The average Bonchev–Trinajstić information content (AvgIpc) is 3.17. The quantitative estimate of drug-likeness (QED) is 0.410. The first kappa shape index (κ1) is 23.6. The van der Waals surface area contributed by atoms with E-state index >= 15 is 0 Å². The molecule has 0 fully saturated rings. The molecule has 0 radical (unpaired) electrons. The van der Waals surface area contributed by atoms with Gasteiger partial charge in [-0.2, -0.15) is 0 Å². The Labute approximate surface area is 198 Å². The molecule has 0 bridgehead atoms. The highest BCUT2D eigenvalue weighted by Gasteiger charge is 2.34. The van der Waals surface area contributed by atoms with Gasteiger partial charge in [0.05, 0.1) is 14.9 Å². The van der Waals surface area contributed by atoms with Crippen molar-refractivity contribution in [3.8, 4) is 0 Å². The normalized spacial score (nSPS) is 15.4. The van der Waals surface area contributed by atoms with Gasteiger partial charge in [-0.05, 0) is 46.6 Å². The molecule has 31 heavy (non-hydrogen) atoms. The molecule has 0 spiro atoms. The molecule has 0 saturated carbocycles. The van der Waals surface area contributed by atoms with Crippen LogP contribution in [0.4, 0.5) is 5.69 Å². The van der Waals surface area contributed by atoms with Gasteiger partial charge in [0, 0.05) is 16.7 Å². The van der Waals surface area contributed by atoms with Crippen molar-refractivity contribution in [1.82, 2.24) is 0 Å². The fourth-order valence-electron chi connectivity index (χ4n) is 3.23. The lowest BCUT2D eigenvalue weighted by atomic mass is 9.71. The zero-order chi connectivity index (χ0) is 23.0. The van der Waals surface area contributed by atoms with Gasteiger partial charge in [-0.15, -0.1) is 21.6 Å². The van der Waals surface area contributed by atoms with Crippen LogP contribution in [0.5, 0.6) is 0 Å². The Morgan fingerprint density at radius 3 is 1.87 bits per heavy atom. The molecule has 2 aromatic rings. The van der Waals surface area contributed by atoms with Gasteiger partial charge in [0.25, 0.3) is 0 Å². The van der Waals surface area contributed by atoms with E-state index in [-0.39, 0.29) is 16.6 Å². The Kier molecular flexibility index (Phi) is 6.75. The Morgan fingerprint density at radius 1 is 0.871 bits per heavy atom. The summed E-state index contributed by atoms with van der Waals surface area (Å²) in [7, 11) is 0. The molecule has 3 nitrogen and oxygen atoms in total. The minimum absolute atomic E-state index is 0.0837. The van der Waals surface area contributed by atoms with Crippen molar-refractivity contribution in [2.45, 2.75) is 41.5 Å². The van der Waals surface area contributed by atoms with Crippen molar-refractivity contribution in [3.05, 3.63) is 79.5 Å². The Bertz CT molecular complexity index is 1070. The second-order valence-corrected chi connectivity index (χ2v) is 11.3. The van der Waals surface area contributed by atoms with Crippen molar-refractivity contribution in [3.63, 3.8) is 0 Å². The van der Waals surface area contributed by atoms with E-state index in [0.29, 0.717) is 21.4 Å². The van der Waals surface area contributed by atoms with Crippen LogP contribution in [0.25, 0.3) is 5.70 Å². The van der Waals surface area contributed by atoms with E-state index in [4.69, 9.17) is 23.2 Å². The van der Waals surface area contributed by atoms with Crippen LogP contribution in [-0.2, 0) is 4.79 Å². The number of benzene rings is 1. The maximum absolute atomic E-state index is 13.3. The molecule has 0 atom stereocenters. The van der Waals surface area contributed by atoms with Crippen LogP contribution in [-0.4, -0.2) is 5.78 Å². The predicted octanol–water partition coefficient (Wildman–Crippen LogP) is 9.08. The van der Waals surface area contributed by atoms with Crippen LogP contribution < -0.4 is 0 Å². The molecule has 0 N–H and O–H groups in total. The van der Waals surface area contributed by atoms with E-state index in [1.54, 1.807) is 29.5 Å². The summed E-state index contributed by atoms with van der Waals surface area (Å²) in [6.45, 7) is 12.3. The highest BCUT2D eigenvalue weighted by Crippen LogP contribution is 2.42. The van der Waals surface area contributed by atoms with Crippen molar-refractivity contribution in [2.75, 3.05) is 0 Å². The maximum atomic E-state index is 13.3. The number of carbonyl (C=O) groups is 1. The van der Waals surface area contributed by atoms with E-state index in [1.807, 2.05) is 29.7 Å². The SMILES string of the molecule is CC(C)(C)C1=CC(=C(N=Nc2c(Cl)cccc2Cl)c2cccs2)C=C(C(C)(C)C)C1=O. The fraction of sp³-hybridized carbons (Fsp3) is 0.320. The Hall–Kier alpha value is -2.01. The molecular weight excluding hydrogens is 447 g/mol. The third-order valence-corrected chi connectivity index (χ3v) is 6.41. The molecular formula is C25H26Cl2N2OS. The van der Waals surface area contributed by atoms with Crippen molar-refractivity contribution < 1.29 is 4.79 Å². The number of hydrogen-bond acceptors (Lipinski definition) is 4. The van der Waals surface area contributed by atoms with E-state index in [1.165, 1.54) is 0 Å². The summed E-state index contributed by atoms with van der Waals surface area (Å²) in [5, 5.41) is 11.8. The molecule has 1 aliphatic carbocycles. The zero-order valence-electron chi connectivity index (χ0n) is 18.6.